The molecule has 0 atom stereocenters. The number of aryl methyl sites for hydroxylation is 1. The van der Waals surface area contributed by atoms with E-state index in [0.29, 0.717) is 5.56 Å². The molecule has 0 unspecified atom stereocenters. The predicted molar refractivity (Wildman–Crippen MR) is 95.3 cm³/mol. The van der Waals surface area contributed by atoms with E-state index in [1.165, 1.54) is 12.1 Å². The van der Waals surface area contributed by atoms with Crippen LogP contribution in [-0.2, 0) is 11.2 Å². The highest BCUT2D eigenvalue weighted by atomic mass is 19.3. The van der Waals surface area contributed by atoms with Gasteiger partial charge in [0.1, 0.15) is 12.4 Å². The van der Waals surface area contributed by atoms with Crippen LogP contribution in [0.1, 0.15) is 30.4 Å². The topological polar surface area (TPSA) is 46.5 Å². The van der Waals surface area contributed by atoms with Crippen molar-refractivity contribution in [1.82, 2.24) is 0 Å². The van der Waals surface area contributed by atoms with Gasteiger partial charge in [0.05, 0.1) is 0 Å². The summed E-state index contributed by atoms with van der Waals surface area (Å²) < 4.78 is 74.6. The molecule has 0 saturated heterocycles. The molecule has 0 bridgehead atoms. The van der Waals surface area contributed by atoms with E-state index < -0.39 is 54.5 Å². The number of allylic oxidation sites excluding steroid dienone is 1. The zero-order chi connectivity index (χ0) is 21.2. The van der Waals surface area contributed by atoms with E-state index in [0.717, 1.165) is 24.3 Å². The zero-order valence-corrected chi connectivity index (χ0v) is 15.2. The summed E-state index contributed by atoms with van der Waals surface area (Å²) in [4.78, 5) is 10.6. The van der Waals surface area contributed by atoms with Gasteiger partial charge in [-0.1, -0.05) is 12.1 Å². The van der Waals surface area contributed by atoms with Crippen LogP contribution in [0.3, 0.4) is 0 Å². The number of hydrogen-bond acceptors (Lipinski definition) is 2. The number of halogens is 5. The fourth-order valence-electron chi connectivity index (χ4n) is 3.27. The number of carboxylic acid groups (broad SMARTS) is 1. The van der Waals surface area contributed by atoms with Gasteiger partial charge in [-0.15, -0.1) is 0 Å². The van der Waals surface area contributed by atoms with Crippen LogP contribution in [-0.4, -0.2) is 23.6 Å². The molecule has 0 heterocycles. The van der Waals surface area contributed by atoms with Gasteiger partial charge in [-0.05, 0) is 53.0 Å². The van der Waals surface area contributed by atoms with E-state index in [4.69, 9.17) is 9.84 Å². The third kappa shape index (κ3) is 5.13. The summed E-state index contributed by atoms with van der Waals surface area (Å²) in [6.45, 7) is -0.454. The maximum absolute atomic E-state index is 14.2. The molecule has 0 amide bonds. The molecule has 3 rings (SSSR count). The molecule has 1 aliphatic rings. The second-order valence-corrected chi connectivity index (χ2v) is 6.87. The van der Waals surface area contributed by atoms with Crippen LogP contribution in [0.4, 0.5) is 22.0 Å². The molecule has 1 aliphatic carbocycles. The Kier molecular flexibility index (Phi) is 5.91. The van der Waals surface area contributed by atoms with Crippen molar-refractivity contribution in [3.63, 3.8) is 0 Å². The number of rotatable bonds is 7. The standard InChI is InChI=1S/C21H17F5O3/c22-15-4-2-13(3-5-15)16-10-21(25,26)9-14(16)11-29-20-17(23)7-12(8-18(20)24)1-6-19(27)28/h2-5,7-8H,1,6,9-11H2,(H,27,28). The average molecular weight is 412 g/mol. The fraction of sp³-hybridized carbons (Fsp3) is 0.286. The summed E-state index contributed by atoms with van der Waals surface area (Å²) in [6, 6.07) is 6.94. The maximum atomic E-state index is 14.2. The third-order valence-corrected chi connectivity index (χ3v) is 4.60. The summed E-state index contributed by atoms with van der Waals surface area (Å²) in [5.74, 6) is -7.44. The highest BCUT2D eigenvalue weighted by molar-refractivity contribution is 5.72. The molecular formula is C21H17F5O3. The summed E-state index contributed by atoms with van der Waals surface area (Å²) in [5.41, 5.74) is 0.977. The number of carbonyl (C=O) groups is 1. The van der Waals surface area contributed by atoms with Gasteiger partial charge in [0.15, 0.2) is 17.4 Å². The van der Waals surface area contributed by atoms with Crippen molar-refractivity contribution in [2.45, 2.75) is 31.6 Å². The zero-order valence-electron chi connectivity index (χ0n) is 15.2. The third-order valence-electron chi connectivity index (χ3n) is 4.60. The molecule has 0 aromatic heterocycles. The first kappa shape index (κ1) is 20.8. The molecule has 0 aliphatic heterocycles. The van der Waals surface area contributed by atoms with Gasteiger partial charge >= 0.3 is 5.97 Å². The van der Waals surface area contributed by atoms with Crippen LogP contribution >= 0.6 is 0 Å². The molecule has 0 saturated carbocycles. The quantitative estimate of drug-likeness (QED) is 0.621. The summed E-state index contributed by atoms with van der Waals surface area (Å²) in [5, 5.41) is 8.65. The SMILES string of the molecule is O=C(O)CCc1cc(F)c(OCC2=C(c3ccc(F)cc3)CC(F)(F)C2)c(F)c1. The highest BCUT2D eigenvalue weighted by Crippen LogP contribution is 2.44. The minimum Gasteiger partial charge on any atom is -0.483 e. The van der Waals surface area contributed by atoms with Crippen molar-refractivity contribution in [2.75, 3.05) is 6.61 Å². The molecule has 8 heteroatoms. The molecule has 3 nitrogen and oxygen atoms in total. The van der Waals surface area contributed by atoms with Crippen molar-refractivity contribution in [2.24, 2.45) is 0 Å². The Morgan fingerprint density at radius 1 is 1.03 bits per heavy atom. The molecule has 0 fully saturated rings. The van der Waals surface area contributed by atoms with Crippen LogP contribution in [0.25, 0.3) is 5.57 Å². The molecule has 0 radical (unpaired) electrons. The first-order chi connectivity index (χ1) is 13.6. The van der Waals surface area contributed by atoms with E-state index in [9.17, 15) is 26.7 Å². The predicted octanol–water partition coefficient (Wildman–Crippen LogP) is 5.38. The molecular weight excluding hydrogens is 395 g/mol. The number of alkyl halides is 2. The fourth-order valence-corrected chi connectivity index (χ4v) is 3.27. The van der Waals surface area contributed by atoms with Crippen LogP contribution in [0.2, 0.25) is 0 Å². The second kappa shape index (κ2) is 8.23. The minimum atomic E-state index is -3.03. The second-order valence-electron chi connectivity index (χ2n) is 6.87. The van der Waals surface area contributed by atoms with Gasteiger partial charge in [0.25, 0.3) is 5.92 Å². The number of aliphatic carboxylic acids is 1. The molecule has 154 valence electrons. The van der Waals surface area contributed by atoms with Crippen molar-refractivity contribution in [1.29, 1.82) is 0 Å². The van der Waals surface area contributed by atoms with Gasteiger partial charge in [-0.2, -0.15) is 0 Å². The largest absolute Gasteiger partial charge is 0.483 e. The van der Waals surface area contributed by atoms with E-state index in [1.54, 1.807) is 0 Å². The van der Waals surface area contributed by atoms with E-state index >= 15 is 0 Å². The van der Waals surface area contributed by atoms with Crippen molar-refractivity contribution in [3.05, 3.63) is 70.5 Å². The Hall–Kier alpha value is -2.90. The number of ether oxygens (including phenoxy) is 1. The number of benzene rings is 2. The van der Waals surface area contributed by atoms with E-state index in [1.807, 2.05) is 0 Å². The lowest BCUT2D eigenvalue weighted by Gasteiger charge is -2.12. The van der Waals surface area contributed by atoms with Gasteiger partial charge in [-0.25, -0.2) is 22.0 Å². The van der Waals surface area contributed by atoms with E-state index in [2.05, 4.69) is 0 Å². The van der Waals surface area contributed by atoms with Gasteiger partial charge < -0.3 is 9.84 Å². The molecule has 29 heavy (non-hydrogen) atoms. The van der Waals surface area contributed by atoms with Gasteiger partial charge in [-0.3, -0.25) is 4.79 Å². The Morgan fingerprint density at radius 2 is 1.66 bits per heavy atom. The summed E-state index contributed by atoms with van der Waals surface area (Å²) >= 11 is 0. The van der Waals surface area contributed by atoms with Gasteiger partial charge in [0.2, 0.25) is 0 Å². The lowest BCUT2D eigenvalue weighted by atomic mass is 10.0. The van der Waals surface area contributed by atoms with Crippen molar-refractivity contribution >= 4 is 11.5 Å². The normalized spacial score (nSPS) is 15.6. The van der Waals surface area contributed by atoms with Crippen molar-refractivity contribution in [3.8, 4) is 5.75 Å². The van der Waals surface area contributed by atoms with Crippen LogP contribution < -0.4 is 4.74 Å². The molecule has 2 aromatic rings. The van der Waals surface area contributed by atoms with Gasteiger partial charge in [0, 0.05) is 19.3 Å². The Bertz CT molecular complexity index is 928. The monoisotopic (exact) mass is 412 g/mol. The lowest BCUT2D eigenvalue weighted by molar-refractivity contribution is -0.136. The number of hydrogen-bond donors (Lipinski definition) is 1. The number of carboxylic acids is 1. The van der Waals surface area contributed by atoms with Crippen LogP contribution in [0.5, 0.6) is 5.75 Å². The smallest absolute Gasteiger partial charge is 0.303 e. The van der Waals surface area contributed by atoms with Crippen molar-refractivity contribution < 1.29 is 36.6 Å². The Balaban J connectivity index is 1.80. The minimum absolute atomic E-state index is 0.0600. The van der Waals surface area contributed by atoms with E-state index in [-0.39, 0.29) is 29.6 Å². The Labute approximate surface area is 163 Å². The van der Waals surface area contributed by atoms with Crippen LogP contribution in [0.15, 0.2) is 42.0 Å². The molecule has 0 spiro atoms. The average Bonchev–Trinajstić information content (AvgIpc) is 2.94. The highest BCUT2D eigenvalue weighted by Gasteiger charge is 2.39. The van der Waals surface area contributed by atoms with Crippen LogP contribution in [0, 0.1) is 17.5 Å². The first-order valence-corrected chi connectivity index (χ1v) is 8.82. The summed E-state index contributed by atoms with van der Waals surface area (Å²) in [6.07, 6.45) is -1.55. The lowest BCUT2D eigenvalue weighted by Crippen LogP contribution is -2.12. The Morgan fingerprint density at radius 3 is 2.24 bits per heavy atom. The molecule has 2 aromatic carbocycles. The summed E-state index contributed by atoms with van der Waals surface area (Å²) in [7, 11) is 0. The first-order valence-electron chi connectivity index (χ1n) is 8.82. The molecule has 1 N–H and O–H groups in total. The maximum Gasteiger partial charge on any atom is 0.303 e.